The number of benzene rings is 1. The number of nitrogens with zero attached hydrogens (tertiary/aromatic N) is 1. The van der Waals surface area contributed by atoms with Gasteiger partial charge in [-0.15, -0.1) is 0 Å². The molecule has 0 radical (unpaired) electrons. The van der Waals surface area contributed by atoms with Crippen molar-refractivity contribution in [2.45, 2.75) is 57.8 Å². The van der Waals surface area contributed by atoms with Crippen LogP contribution in [0.3, 0.4) is 0 Å². The minimum Gasteiger partial charge on any atom is -0.496 e. The zero-order chi connectivity index (χ0) is 17.7. The van der Waals surface area contributed by atoms with Crippen molar-refractivity contribution in [1.82, 2.24) is 4.90 Å². The molecule has 0 atom stereocenters. The molecule has 1 aliphatic carbocycles. The summed E-state index contributed by atoms with van der Waals surface area (Å²) in [7, 11) is 2.84. The molecule has 130 valence electrons. The number of rotatable bonds is 4. The van der Waals surface area contributed by atoms with Gasteiger partial charge in [0, 0.05) is 13.1 Å². The van der Waals surface area contributed by atoms with Crippen LogP contribution in [0.5, 0.6) is 5.75 Å². The maximum atomic E-state index is 13.0. The Kier molecular flexibility index (Phi) is 4.17. The topological polar surface area (TPSA) is 48.0 Å². The van der Waals surface area contributed by atoms with Crippen LogP contribution in [-0.2, 0) is 9.31 Å². The van der Waals surface area contributed by atoms with Gasteiger partial charge in [-0.05, 0) is 52.1 Å². The number of carbonyl (C=O) groups excluding carboxylic acids is 1. The highest BCUT2D eigenvalue weighted by molar-refractivity contribution is 6.63. The largest absolute Gasteiger partial charge is 0.496 e. The first-order valence-electron chi connectivity index (χ1n) is 8.47. The Balaban J connectivity index is 2.01. The molecule has 0 aromatic heterocycles. The van der Waals surface area contributed by atoms with Crippen LogP contribution in [0, 0.1) is 0 Å². The van der Waals surface area contributed by atoms with Gasteiger partial charge in [0.25, 0.3) is 5.91 Å². The summed E-state index contributed by atoms with van der Waals surface area (Å²) in [6.07, 6.45) is 2.12. The van der Waals surface area contributed by atoms with E-state index in [9.17, 15) is 4.79 Å². The average Bonchev–Trinajstić information content (AvgIpc) is 3.33. The molecule has 1 amide bonds. The van der Waals surface area contributed by atoms with E-state index < -0.39 is 18.3 Å². The first kappa shape index (κ1) is 17.3. The van der Waals surface area contributed by atoms with Crippen LogP contribution in [0.1, 0.15) is 50.9 Å². The van der Waals surface area contributed by atoms with Crippen LogP contribution in [-0.4, -0.2) is 49.3 Å². The highest BCUT2D eigenvalue weighted by Crippen LogP contribution is 2.37. The molecule has 2 aliphatic rings. The van der Waals surface area contributed by atoms with Crippen LogP contribution >= 0.6 is 0 Å². The number of hydrogen-bond donors (Lipinski definition) is 0. The summed E-state index contributed by atoms with van der Waals surface area (Å²) in [4.78, 5) is 14.8. The molecular weight excluding hydrogens is 305 g/mol. The van der Waals surface area contributed by atoms with Crippen molar-refractivity contribution in [1.29, 1.82) is 0 Å². The van der Waals surface area contributed by atoms with E-state index >= 15 is 0 Å². The van der Waals surface area contributed by atoms with Crippen LogP contribution in [0.4, 0.5) is 0 Å². The van der Waals surface area contributed by atoms with Gasteiger partial charge in [-0.1, -0.05) is 12.1 Å². The summed E-state index contributed by atoms with van der Waals surface area (Å²) in [5, 5.41) is 0. The summed E-state index contributed by atoms with van der Waals surface area (Å²) < 4.78 is 17.8. The fourth-order valence-corrected chi connectivity index (χ4v) is 2.92. The summed E-state index contributed by atoms with van der Waals surface area (Å²) in [6, 6.07) is 5.89. The van der Waals surface area contributed by atoms with Gasteiger partial charge in [0.2, 0.25) is 0 Å². The smallest absolute Gasteiger partial charge is 0.495 e. The predicted octanol–water partition coefficient (Wildman–Crippen LogP) is 2.23. The molecule has 3 rings (SSSR count). The van der Waals surface area contributed by atoms with E-state index in [0.29, 0.717) is 17.4 Å². The lowest BCUT2D eigenvalue weighted by Gasteiger charge is -2.32. The Morgan fingerprint density at radius 2 is 1.79 bits per heavy atom. The molecule has 0 N–H and O–H groups in total. The lowest BCUT2D eigenvalue weighted by Crippen LogP contribution is -2.41. The van der Waals surface area contributed by atoms with E-state index in [1.165, 1.54) is 0 Å². The van der Waals surface area contributed by atoms with Crippen LogP contribution in [0.15, 0.2) is 18.2 Å². The monoisotopic (exact) mass is 331 g/mol. The summed E-state index contributed by atoms with van der Waals surface area (Å²) in [6.45, 7) is 8.02. The minimum atomic E-state index is -0.586. The average molecular weight is 331 g/mol. The Labute approximate surface area is 144 Å². The fraction of sp³-hybridized carbons (Fsp3) is 0.611. The maximum absolute atomic E-state index is 13.0. The van der Waals surface area contributed by atoms with Crippen LogP contribution in [0.25, 0.3) is 0 Å². The number of amides is 1. The van der Waals surface area contributed by atoms with Crippen molar-refractivity contribution < 1.29 is 18.8 Å². The molecule has 1 saturated carbocycles. The predicted molar refractivity (Wildman–Crippen MR) is 93.8 cm³/mol. The van der Waals surface area contributed by atoms with E-state index in [4.69, 9.17) is 14.0 Å². The standard InChI is InChI=1S/C18H26BNO4/c1-17(2)18(3,4)24-19(23-17)13-8-7-9-14(22-6)15(13)16(21)20(5)12-10-11-12/h7-9,12H,10-11H2,1-6H3. The Bertz CT molecular complexity index is 638. The first-order valence-corrected chi connectivity index (χ1v) is 8.47. The van der Waals surface area contributed by atoms with Crippen molar-refractivity contribution in [3.8, 4) is 5.75 Å². The molecule has 1 aromatic rings. The lowest BCUT2D eigenvalue weighted by atomic mass is 9.75. The number of hydrogen-bond acceptors (Lipinski definition) is 4. The van der Waals surface area contributed by atoms with Gasteiger partial charge in [0.05, 0.1) is 23.9 Å². The molecule has 5 nitrogen and oxygen atoms in total. The zero-order valence-corrected chi connectivity index (χ0v) is 15.4. The molecule has 1 aromatic carbocycles. The van der Waals surface area contributed by atoms with E-state index in [0.717, 1.165) is 18.3 Å². The lowest BCUT2D eigenvalue weighted by molar-refractivity contribution is 0.00578. The summed E-state index contributed by atoms with van der Waals surface area (Å²) in [5.74, 6) is 0.513. The molecule has 24 heavy (non-hydrogen) atoms. The van der Waals surface area contributed by atoms with Gasteiger partial charge in [0.15, 0.2) is 0 Å². The number of carbonyl (C=O) groups is 1. The van der Waals surface area contributed by atoms with E-state index in [-0.39, 0.29) is 5.91 Å². The molecule has 2 fully saturated rings. The Morgan fingerprint density at radius 1 is 1.21 bits per heavy atom. The van der Waals surface area contributed by atoms with Crippen molar-refractivity contribution in [3.05, 3.63) is 23.8 Å². The van der Waals surface area contributed by atoms with Crippen molar-refractivity contribution >= 4 is 18.5 Å². The van der Waals surface area contributed by atoms with Gasteiger partial charge in [0.1, 0.15) is 5.75 Å². The van der Waals surface area contributed by atoms with Gasteiger partial charge >= 0.3 is 7.12 Å². The van der Waals surface area contributed by atoms with Crippen molar-refractivity contribution in [2.75, 3.05) is 14.2 Å². The molecule has 0 bridgehead atoms. The van der Waals surface area contributed by atoms with Gasteiger partial charge in [-0.2, -0.15) is 0 Å². The van der Waals surface area contributed by atoms with Crippen molar-refractivity contribution in [3.63, 3.8) is 0 Å². The van der Waals surface area contributed by atoms with E-state index in [1.54, 1.807) is 12.0 Å². The van der Waals surface area contributed by atoms with Gasteiger partial charge in [-0.25, -0.2) is 0 Å². The number of methoxy groups -OCH3 is 1. The van der Waals surface area contributed by atoms with Gasteiger partial charge in [-0.3, -0.25) is 4.79 Å². The quantitative estimate of drug-likeness (QED) is 0.794. The van der Waals surface area contributed by atoms with Crippen LogP contribution < -0.4 is 10.2 Å². The first-order chi connectivity index (χ1) is 11.2. The molecule has 0 spiro atoms. The third kappa shape index (κ3) is 2.82. The van der Waals surface area contributed by atoms with Crippen LogP contribution in [0.2, 0.25) is 0 Å². The second-order valence-electron chi connectivity index (χ2n) is 7.66. The van der Waals surface area contributed by atoms with E-state index in [1.807, 2.05) is 52.9 Å². The molecule has 1 heterocycles. The highest BCUT2D eigenvalue weighted by atomic mass is 16.7. The molecule has 0 unspecified atom stereocenters. The normalized spacial score (nSPS) is 21.7. The molecule has 1 saturated heterocycles. The Morgan fingerprint density at radius 3 is 2.29 bits per heavy atom. The third-order valence-corrected chi connectivity index (χ3v) is 5.41. The summed E-state index contributed by atoms with van der Waals surface area (Å²) >= 11 is 0. The zero-order valence-electron chi connectivity index (χ0n) is 15.4. The van der Waals surface area contributed by atoms with E-state index in [2.05, 4.69) is 0 Å². The summed E-state index contributed by atoms with van der Waals surface area (Å²) in [5.41, 5.74) is 0.353. The maximum Gasteiger partial charge on any atom is 0.495 e. The number of ether oxygens (including phenoxy) is 1. The third-order valence-electron chi connectivity index (χ3n) is 5.41. The minimum absolute atomic E-state index is 0.0420. The molecule has 1 aliphatic heterocycles. The SMILES string of the molecule is COc1cccc(B2OC(C)(C)C(C)(C)O2)c1C(=O)N(C)C1CC1. The second kappa shape index (κ2) is 5.78. The Hall–Kier alpha value is -1.53. The molecular formula is C18H26BNO4. The second-order valence-corrected chi connectivity index (χ2v) is 7.66. The highest BCUT2D eigenvalue weighted by Gasteiger charge is 2.53. The van der Waals surface area contributed by atoms with Crippen molar-refractivity contribution in [2.24, 2.45) is 0 Å². The van der Waals surface area contributed by atoms with Gasteiger partial charge < -0.3 is 18.9 Å². The fourth-order valence-electron chi connectivity index (χ4n) is 2.92. The molecule has 6 heteroatoms.